The van der Waals surface area contributed by atoms with Crippen LogP contribution in [-0.4, -0.2) is 25.9 Å². The predicted octanol–water partition coefficient (Wildman–Crippen LogP) is 0.422. The van der Waals surface area contributed by atoms with Crippen LogP contribution in [0.15, 0.2) is 0 Å². The minimum absolute atomic E-state index is 0.389. The standard InChI is InChI=1S/C6H10O2/c1-6(3-7-4-6)5-2-8-5/h5H,2-4H2,1H3/t5-/m1/s1. The lowest BCUT2D eigenvalue weighted by Crippen LogP contribution is -2.44. The molecule has 2 saturated heterocycles. The van der Waals surface area contributed by atoms with Crippen molar-refractivity contribution in [1.82, 2.24) is 0 Å². The van der Waals surface area contributed by atoms with Crippen molar-refractivity contribution in [1.29, 1.82) is 0 Å². The van der Waals surface area contributed by atoms with E-state index in [0.717, 1.165) is 19.8 Å². The van der Waals surface area contributed by atoms with Crippen LogP contribution in [0.4, 0.5) is 0 Å². The van der Waals surface area contributed by atoms with Gasteiger partial charge in [-0.15, -0.1) is 0 Å². The van der Waals surface area contributed by atoms with E-state index in [2.05, 4.69) is 6.92 Å². The smallest absolute Gasteiger partial charge is 0.0907 e. The Balaban J connectivity index is 1.99. The average molecular weight is 114 g/mol. The van der Waals surface area contributed by atoms with Gasteiger partial charge in [-0.05, 0) is 0 Å². The van der Waals surface area contributed by atoms with E-state index in [1.807, 2.05) is 0 Å². The minimum atomic E-state index is 0.389. The van der Waals surface area contributed by atoms with Crippen molar-refractivity contribution in [2.24, 2.45) is 5.41 Å². The maximum atomic E-state index is 5.14. The van der Waals surface area contributed by atoms with E-state index in [9.17, 15) is 0 Å². The van der Waals surface area contributed by atoms with E-state index in [-0.39, 0.29) is 0 Å². The Morgan fingerprint density at radius 1 is 1.50 bits per heavy atom. The number of epoxide rings is 1. The zero-order valence-corrected chi connectivity index (χ0v) is 5.02. The lowest BCUT2D eigenvalue weighted by atomic mass is 9.85. The first-order valence-corrected chi connectivity index (χ1v) is 3.01. The van der Waals surface area contributed by atoms with Gasteiger partial charge in [0.25, 0.3) is 0 Å². The highest BCUT2D eigenvalue weighted by atomic mass is 16.6. The highest BCUT2D eigenvalue weighted by Crippen LogP contribution is 2.38. The third kappa shape index (κ3) is 0.501. The molecule has 0 aromatic rings. The molecule has 0 aliphatic carbocycles. The molecule has 2 rings (SSSR count). The van der Waals surface area contributed by atoms with Crippen molar-refractivity contribution in [2.75, 3.05) is 19.8 Å². The second-order valence-electron chi connectivity index (χ2n) is 2.97. The zero-order chi connectivity index (χ0) is 5.61. The molecule has 2 aliphatic heterocycles. The molecule has 46 valence electrons. The number of rotatable bonds is 1. The van der Waals surface area contributed by atoms with Crippen molar-refractivity contribution in [3.05, 3.63) is 0 Å². The molecule has 1 atom stereocenters. The average Bonchev–Trinajstić information content (AvgIpc) is 2.38. The molecule has 0 spiro atoms. The van der Waals surface area contributed by atoms with Gasteiger partial charge < -0.3 is 9.47 Å². The predicted molar refractivity (Wildman–Crippen MR) is 28.7 cm³/mol. The van der Waals surface area contributed by atoms with Crippen LogP contribution in [0, 0.1) is 5.41 Å². The number of hydrogen-bond acceptors (Lipinski definition) is 2. The molecule has 2 fully saturated rings. The summed E-state index contributed by atoms with van der Waals surface area (Å²) >= 11 is 0. The fourth-order valence-corrected chi connectivity index (χ4v) is 1.06. The minimum Gasteiger partial charge on any atom is -0.380 e. The molecule has 8 heavy (non-hydrogen) atoms. The molecule has 0 bridgehead atoms. The first kappa shape index (κ1) is 4.77. The van der Waals surface area contributed by atoms with Crippen LogP contribution in [-0.2, 0) is 9.47 Å². The van der Waals surface area contributed by atoms with E-state index in [0.29, 0.717) is 11.5 Å². The summed E-state index contributed by atoms with van der Waals surface area (Å²) in [5.74, 6) is 0. The Morgan fingerprint density at radius 3 is 2.25 bits per heavy atom. The molecule has 0 aromatic carbocycles. The molecular weight excluding hydrogens is 104 g/mol. The Hall–Kier alpha value is -0.0800. The van der Waals surface area contributed by atoms with Crippen molar-refractivity contribution >= 4 is 0 Å². The van der Waals surface area contributed by atoms with Crippen molar-refractivity contribution in [3.63, 3.8) is 0 Å². The summed E-state index contributed by atoms with van der Waals surface area (Å²) in [6.45, 7) is 4.98. The van der Waals surface area contributed by atoms with E-state index < -0.39 is 0 Å². The van der Waals surface area contributed by atoms with E-state index in [4.69, 9.17) is 9.47 Å². The molecule has 2 heterocycles. The second-order valence-corrected chi connectivity index (χ2v) is 2.97. The zero-order valence-electron chi connectivity index (χ0n) is 5.02. The van der Waals surface area contributed by atoms with Crippen LogP contribution in [0.1, 0.15) is 6.92 Å². The van der Waals surface area contributed by atoms with Crippen LogP contribution in [0.5, 0.6) is 0 Å². The van der Waals surface area contributed by atoms with Gasteiger partial charge in [0.05, 0.1) is 25.9 Å². The highest BCUT2D eigenvalue weighted by molar-refractivity contribution is 4.94. The molecule has 0 saturated carbocycles. The van der Waals surface area contributed by atoms with Crippen LogP contribution in [0.25, 0.3) is 0 Å². The molecule has 0 aromatic heterocycles. The van der Waals surface area contributed by atoms with E-state index >= 15 is 0 Å². The molecule has 0 N–H and O–H groups in total. The normalized spacial score (nSPS) is 40.9. The third-order valence-corrected chi connectivity index (χ3v) is 1.97. The van der Waals surface area contributed by atoms with E-state index in [1.54, 1.807) is 0 Å². The van der Waals surface area contributed by atoms with Crippen LogP contribution in [0.2, 0.25) is 0 Å². The first-order chi connectivity index (χ1) is 3.81. The lowest BCUT2D eigenvalue weighted by Gasteiger charge is -2.36. The molecule has 2 heteroatoms. The van der Waals surface area contributed by atoms with Gasteiger partial charge in [-0.1, -0.05) is 6.92 Å². The molecular formula is C6H10O2. The summed E-state index contributed by atoms with van der Waals surface area (Å²) in [5, 5.41) is 0. The maximum Gasteiger partial charge on any atom is 0.0907 e. The van der Waals surface area contributed by atoms with E-state index in [1.165, 1.54) is 0 Å². The Bertz CT molecular complexity index is 103. The summed E-state index contributed by atoms with van der Waals surface area (Å²) in [4.78, 5) is 0. The second kappa shape index (κ2) is 1.25. The van der Waals surface area contributed by atoms with Gasteiger partial charge in [-0.25, -0.2) is 0 Å². The van der Waals surface area contributed by atoms with Crippen LogP contribution < -0.4 is 0 Å². The fourth-order valence-electron chi connectivity index (χ4n) is 1.06. The lowest BCUT2D eigenvalue weighted by molar-refractivity contribution is -0.114. The Morgan fingerprint density at radius 2 is 2.12 bits per heavy atom. The topological polar surface area (TPSA) is 21.8 Å². The molecule has 2 aliphatic rings. The number of ether oxygens (including phenoxy) is 2. The summed E-state index contributed by atoms with van der Waals surface area (Å²) < 4.78 is 10.2. The molecule has 0 unspecified atom stereocenters. The maximum absolute atomic E-state index is 5.14. The van der Waals surface area contributed by atoms with Gasteiger partial charge in [-0.2, -0.15) is 0 Å². The summed E-state index contributed by atoms with van der Waals surface area (Å²) in [7, 11) is 0. The fraction of sp³-hybridized carbons (Fsp3) is 1.00. The Kier molecular flexibility index (Phi) is 0.746. The largest absolute Gasteiger partial charge is 0.380 e. The third-order valence-electron chi connectivity index (χ3n) is 1.97. The molecule has 0 radical (unpaired) electrons. The SMILES string of the molecule is CC1([C@H]2CO2)COC1. The quantitative estimate of drug-likeness (QED) is 0.461. The van der Waals surface area contributed by atoms with Gasteiger partial charge in [-0.3, -0.25) is 0 Å². The Labute approximate surface area is 48.8 Å². The van der Waals surface area contributed by atoms with Gasteiger partial charge >= 0.3 is 0 Å². The van der Waals surface area contributed by atoms with Crippen LogP contribution >= 0.6 is 0 Å². The van der Waals surface area contributed by atoms with Gasteiger partial charge in [0, 0.05) is 5.41 Å². The summed E-state index contributed by atoms with van der Waals surface area (Å²) in [6.07, 6.45) is 0.524. The molecule has 2 nitrogen and oxygen atoms in total. The van der Waals surface area contributed by atoms with Crippen molar-refractivity contribution in [2.45, 2.75) is 13.0 Å². The van der Waals surface area contributed by atoms with Gasteiger partial charge in [0.15, 0.2) is 0 Å². The summed E-state index contributed by atoms with van der Waals surface area (Å²) in [5.41, 5.74) is 0.389. The molecule has 0 amide bonds. The summed E-state index contributed by atoms with van der Waals surface area (Å²) in [6, 6.07) is 0. The number of hydrogen-bond donors (Lipinski definition) is 0. The van der Waals surface area contributed by atoms with Gasteiger partial charge in [0.1, 0.15) is 0 Å². The van der Waals surface area contributed by atoms with Crippen LogP contribution in [0.3, 0.4) is 0 Å². The monoisotopic (exact) mass is 114 g/mol. The van der Waals surface area contributed by atoms with Crippen molar-refractivity contribution < 1.29 is 9.47 Å². The van der Waals surface area contributed by atoms with Gasteiger partial charge in [0.2, 0.25) is 0 Å². The highest BCUT2D eigenvalue weighted by Gasteiger charge is 2.48. The van der Waals surface area contributed by atoms with Crippen molar-refractivity contribution in [3.8, 4) is 0 Å². The first-order valence-electron chi connectivity index (χ1n) is 3.01.